The predicted molar refractivity (Wildman–Crippen MR) is 103 cm³/mol. The van der Waals surface area contributed by atoms with Crippen molar-refractivity contribution in [2.45, 2.75) is 0 Å². The van der Waals surface area contributed by atoms with Crippen LogP contribution in [0.5, 0.6) is 5.75 Å². The summed E-state index contributed by atoms with van der Waals surface area (Å²) in [6, 6.07) is 17.8. The zero-order valence-corrected chi connectivity index (χ0v) is 14.8. The maximum Gasteiger partial charge on any atom is 0.262 e. The minimum absolute atomic E-state index is 0.128. The van der Waals surface area contributed by atoms with Crippen LogP contribution in [0.4, 0.5) is 5.69 Å². The Morgan fingerprint density at radius 1 is 1.11 bits per heavy atom. The standard InChI is InChI=1S/C20H14ClN3O3/c21-15-9-8-13(20-24-19-17(27-20)7-4-10-22-19)11-16(15)23-18(25)12-26-14-5-2-1-3-6-14/h1-11H,12H2,(H,23,25). The zero-order chi connectivity index (χ0) is 18.6. The number of para-hydroxylation sites is 1. The van der Waals surface area contributed by atoms with E-state index in [4.69, 9.17) is 20.8 Å². The van der Waals surface area contributed by atoms with Crippen molar-refractivity contribution in [1.82, 2.24) is 9.97 Å². The van der Waals surface area contributed by atoms with Gasteiger partial charge in [0.25, 0.3) is 5.91 Å². The summed E-state index contributed by atoms with van der Waals surface area (Å²) in [5.74, 6) is 0.694. The van der Waals surface area contributed by atoms with Gasteiger partial charge in [0, 0.05) is 11.8 Å². The molecule has 0 saturated heterocycles. The van der Waals surface area contributed by atoms with Gasteiger partial charge in [0.15, 0.2) is 17.8 Å². The normalized spacial score (nSPS) is 10.7. The third-order valence-corrected chi connectivity index (χ3v) is 4.10. The Labute approximate surface area is 159 Å². The quantitative estimate of drug-likeness (QED) is 0.550. The fourth-order valence-corrected chi connectivity index (χ4v) is 2.66. The number of aromatic nitrogens is 2. The monoisotopic (exact) mass is 379 g/mol. The number of carbonyl (C=O) groups is 1. The van der Waals surface area contributed by atoms with E-state index >= 15 is 0 Å². The number of fused-ring (bicyclic) bond motifs is 1. The lowest BCUT2D eigenvalue weighted by Gasteiger charge is -2.09. The molecule has 0 unspecified atom stereocenters. The largest absolute Gasteiger partial charge is 0.484 e. The third-order valence-electron chi connectivity index (χ3n) is 3.77. The van der Waals surface area contributed by atoms with Crippen LogP contribution in [0.1, 0.15) is 0 Å². The highest BCUT2D eigenvalue weighted by Gasteiger charge is 2.13. The van der Waals surface area contributed by atoms with Crippen molar-refractivity contribution in [2.24, 2.45) is 0 Å². The smallest absolute Gasteiger partial charge is 0.262 e. The van der Waals surface area contributed by atoms with Gasteiger partial charge in [-0.15, -0.1) is 0 Å². The highest BCUT2D eigenvalue weighted by atomic mass is 35.5. The molecule has 0 radical (unpaired) electrons. The van der Waals surface area contributed by atoms with Gasteiger partial charge in [0.2, 0.25) is 5.89 Å². The molecule has 2 heterocycles. The van der Waals surface area contributed by atoms with Crippen LogP contribution < -0.4 is 10.1 Å². The molecule has 4 rings (SSSR count). The molecule has 27 heavy (non-hydrogen) atoms. The summed E-state index contributed by atoms with van der Waals surface area (Å²) in [4.78, 5) is 20.7. The first-order chi connectivity index (χ1) is 13.2. The van der Waals surface area contributed by atoms with Gasteiger partial charge in [-0.2, -0.15) is 4.98 Å². The summed E-state index contributed by atoms with van der Waals surface area (Å²) in [5, 5.41) is 3.15. The van der Waals surface area contributed by atoms with Crippen LogP contribution in [-0.2, 0) is 4.79 Å². The van der Waals surface area contributed by atoms with Crippen LogP contribution in [0.15, 0.2) is 71.3 Å². The van der Waals surface area contributed by atoms with E-state index in [9.17, 15) is 4.79 Å². The molecule has 6 nitrogen and oxygen atoms in total. The maximum absolute atomic E-state index is 12.2. The minimum atomic E-state index is -0.322. The van der Waals surface area contributed by atoms with Gasteiger partial charge in [-0.25, -0.2) is 4.98 Å². The summed E-state index contributed by atoms with van der Waals surface area (Å²) < 4.78 is 11.1. The summed E-state index contributed by atoms with van der Waals surface area (Å²) in [6.45, 7) is -0.128. The summed E-state index contributed by atoms with van der Waals surface area (Å²) in [7, 11) is 0. The lowest BCUT2D eigenvalue weighted by Crippen LogP contribution is -2.20. The van der Waals surface area contributed by atoms with Gasteiger partial charge in [0.05, 0.1) is 10.7 Å². The second-order valence-corrected chi connectivity index (χ2v) is 6.10. The number of hydrogen-bond donors (Lipinski definition) is 1. The molecule has 0 fully saturated rings. The van der Waals surface area contributed by atoms with E-state index in [2.05, 4.69) is 15.3 Å². The topological polar surface area (TPSA) is 77.2 Å². The Hall–Kier alpha value is -3.38. The van der Waals surface area contributed by atoms with Crippen molar-refractivity contribution < 1.29 is 13.9 Å². The molecule has 4 aromatic rings. The Kier molecular flexibility index (Phi) is 4.72. The van der Waals surface area contributed by atoms with E-state index in [1.807, 2.05) is 18.2 Å². The van der Waals surface area contributed by atoms with Crippen molar-refractivity contribution in [3.8, 4) is 17.2 Å². The molecule has 2 aromatic heterocycles. The highest BCUT2D eigenvalue weighted by Crippen LogP contribution is 2.30. The highest BCUT2D eigenvalue weighted by molar-refractivity contribution is 6.33. The van der Waals surface area contributed by atoms with Crippen LogP contribution in [0.3, 0.4) is 0 Å². The number of anilines is 1. The van der Waals surface area contributed by atoms with E-state index in [1.165, 1.54) is 0 Å². The molecular weight excluding hydrogens is 366 g/mol. The number of rotatable bonds is 5. The number of ether oxygens (including phenoxy) is 1. The van der Waals surface area contributed by atoms with Crippen molar-refractivity contribution in [3.05, 3.63) is 71.9 Å². The fraction of sp³-hybridized carbons (Fsp3) is 0.0500. The average molecular weight is 380 g/mol. The number of amides is 1. The SMILES string of the molecule is O=C(COc1ccccc1)Nc1cc(-c2nc3ncccc3o2)ccc1Cl. The summed E-state index contributed by atoms with van der Waals surface area (Å²) in [5.41, 5.74) is 2.23. The molecule has 1 amide bonds. The van der Waals surface area contributed by atoms with Gasteiger partial charge < -0.3 is 14.5 Å². The summed E-state index contributed by atoms with van der Waals surface area (Å²) in [6.07, 6.45) is 1.65. The Morgan fingerprint density at radius 2 is 1.96 bits per heavy atom. The van der Waals surface area contributed by atoms with Crippen LogP contribution >= 0.6 is 11.6 Å². The minimum Gasteiger partial charge on any atom is -0.484 e. The molecule has 0 aliphatic heterocycles. The number of hydrogen-bond acceptors (Lipinski definition) is 5. The maximum atomic E-state index is 12.2. The molecule has 0 aliphatic carbocycles. The number of halogens is 1. The molecule has 0 saturated carbocycles. The van der Waals surface area contributed by atoms with Crippen LogP contribution in [0, 0.1) is 0 Å². The lowest BCUT2D eigenvalue weighted by molar-refractivity contribution is -0.118. The first-order valence-electron chi connectivity index (χ1n) is 8.18. The Bertz CT molecular complexity index is 1060. The van der Waals surface area contributed by atoms with E-state index in [-0.39, 0.29) is 12.5 Å². The van der Waals surface area contributed by atoms with Crippen LogP contribution in [0.2, 0.25) is 5.02 Å². The molecule has 1 N–H and O–H groups in total. The number of carbonyl (C=O) groups excluding carboxylic acids is 1. The van der Waals surface area contributed by atoms with Crippen LogP contribution in [0.25, 0.3) is 22.7 Å². The van der Waals surface area contributed by atoms with Gasteiger partial charge in [-0.3, -0.25) is 4.79 Å². The van der Waals surface area contributed by atoms with E-state index in [0.717, 1.165) is 0 Å². The number of pyridine rings is 1. The second kappa shape index (κ2) is 7.47. The first kappa shape index (κ1) is 17.1. The van der Waals surface area contributed by atoms with Crippen molar-refractivity contribution in [2.75, 3.05) is 11.9 Å². The molecule has 2 aromatic carbocycles. The number of benzene rings is 2. The fourth-order valence-electron chi connectivity index (χ4n) is 2.50. The van der Waals surface area contributed by atoms with E-state index < -0.39 is 0 Å². The Morgan fingerprint density at radius 3 is 2.78 bits per heavy atom. The number of oxazole rings is 1. The molecule has 134 valence electrons. The zero-order valence-electron chi connectivity index (χ0n) is 14.1. The van der Waals surface area contributed by atoms with Gasteiger partial charge in [-0.05, 0) is 42.5 Å². The average Bonchev–Trinajstić information content (AvgIpc) is 3.13. The summed E-state index contributed by atoms with van der Waals surface area (Å²) >= 11 is 6.20. The predicted octanol–water partition coefficient (Wildman–Crippen LogP) is 4.56. The van der Waals surface area contributed by atoms with E-state index in [1.54, 1.807) is 48.7 Å². The lowest BCUT2D eigenvalue weighted by atomic mass is 10.2. The number of nitrogens with zero attached hydrogens (tertiary/aromatic N) is 2. The van der Waals surface area contributed by atoms with Gasteiger partial charge in [0.1, 0.15) is 5.75 Å². The van der Waals surface area contributed by atoms with Crippen molar-refractivity contribution in [1.29, 1.82) is 0 Å². The van der Waals surface area contributed by atoms with Crippen molar-refractivity contribution >= 4 is 34.4 Å². The molecule has 0 spiro atoms. The van der Waals surface area contributed by atoms with Crippen molar-refractivity contribution in [3.63, 3.8) is 0 Å². The van der Waals surface area contributed by atoms with Gasteiger partial charge in [-0.1, -0.05) is 29.8 Å². The molecule has 0 atom stereocenters. The molecule has 7 heteroatoms. The first-order valence-corrected chi connectivity index (χ1v) is 8.56. The van der Waals surface area contributed by atoms with E-state index in [0.29, 0.717) is 39.1 Å². The van der Waals surface area contributed by atoms with Gasteiger partial charge >= 0.3 is 0 Å². The van der Waals surface area contributed by atoms with Crippen LogP contribution in [-0.4, -0.2) is 22.5 Å². The third kappa shape index (κ3) is 3.91. The second-order valence-electron chi connectivity index (χ2n) is 5.69. The number of nitrogens with one attached hydrogen (secondary N) is 1. The molecule has 0 aliphatic rings. The molecule has 0 bridgehead atoms. The Balaban J connectivity index is 1.51. The molecular formula is C20H14ClN3O3.